The molecule has 0 radical (unpaired) electrons. The first kappa shape index (κ1) is 19.1. The molecule has 2 amide bonds. The summed E-state index contributed by atoms with van der Waals surface area (Å²) < 4.78 is 0. The second-order valence-electron chi connectivity index (χ2n) is 6.19. The number of aromatic nitrogens is 1. The molecule has 0 fully saturated rings. The molecule has 5 nitrogen and oxygen atoms in total. The molecule has 0 bridgehead atoms. The zero-order valence-electron chi connectivity index (χ0n) is 14.8. The standard InChI is InChI=1S/C20H18ClN3O2S/c1-12(2)18(25)22-14-9-7-13(8-10-14)19(26)24-20-23-17(11-27-20)15-5-3-4-6-16(15)21/h3-12H,1-2H3,(H,22,25)(H,23,24,26). The van der Waals surface area contributed by atoms with Crippen LogP contribution in [-0.2, 0) is 4.79 Å². The van der Waals surface area contributed by atoms with Gasteiger partial charge in [0.25, 0.3) is 5.91 Å². The fraction of sp³-hybridized carbons (Fsp3) is 0.150. The van der Waals surface area contributed by atoms with Gasteiger partial charge in [0.15, 0.2) is 5.13 Å². The Labute approximate surface area is 166 Å². The van der Waals surface area contributed by atoms with E-state index < -0.39 is 0 Å². The van der Waals surface area contributed by atoms with Crippen LogP contribution in [0.15, 0.2) is 53.9 Å². The molecule has 0 aliphatic rings. The Morgan fingerprint density at radius 1 is 1.04 bits per heavy atom. The minimum Gasteiger partial charge on any atom is -0.326 e. The Kier molecular flexibility index (Phi) is 5.88. The summed E-state index contributed by atoms with van der Waals surface area (Å²) in [5.41, 5.74) is 2.67. The van der Waals surface area contributed by atoms with Crippen LogP contribution in [0, 0.1) is 5.92 Å². The van der Waals surface area contributed by atoms with Crippen LogP contribution >= 0.6 is 22.9 Å². The van der Waals surface area contributed by atoms with Crippen molar-refractivity contribution in [3.63, 3.8) is 0 Å². The predicted molar refractivity (Wildman–Crippen MR) is 110 cm³/mol. The molecule has 1 aromatic heterocycles. The minimum absolute atomic E-state index is 0.0675. The summed E-state index contributed by atoms with van der Waals surface area (Å²) in [6.07, 6.45) is 0. The first-order valence-electron chi connectivity index (χ1n) is 8.37. The number of anilines is 2. The van der Waals surface area contributed by atoms with Crippen LogP contribution in [0.5, 0.6) is 0 Å². The van der Waals surface area contributed by atoms with Crippen molar-refractivity contribution in [3.05, 3.63) is 64.5 Å². The summed E-state index contributed by atoms with van der Waals surface area (Å²) in [4.78, 5) is 28.5. The number of hydrogen-bond acceptors (Lipinski definition) is 4. The smallest absolute Gasteiger partial charge is 0.257 e. The Hall–Kier alpha value is -2.70. The molecule has 27 heavy (non-hydrogen) atoms. The Morgan fingerprint density at radius 2 is 1.74 bits per heavy atom. The molecular formula is C20H18ClN3O2S. The van der Waals surface area contributed by atoms with E-state index >= 15 is 0 Å². The van der Waals surface area contributed by atoms with E-state index in [9.17, 15) is 9.59 Å². The molecule has 0 saturated carbocycles. The second kappa shape index (κ2) is 8.33. The number of benzene rings is 2. The van der Waals surface area contributed by atoms with Crippen LogP contribution in [0.2, 0.25) is 5.02 Å². The second-order valence-corrected chi connectivity index (χ2v) is 7.46. The zero-order chi connectivity index (χ0) is 19.4. The van der Waals surface area contributed by atoms with Crippen LogP contribution in [0.3, 0.4) is 0 Å². The molecule has 0 aliphatic carbocycles. The first-order valence-corrected chi connectivity index (χ1v) is 9.62. The lowest BCUT2D eigenvalue weighted by Gasteiger charge is -2.08. The molecule has 0 atom stereocenters. The highest BCUT2D eigenvalue weighted by atomic mass is 35.5. The number of halogens is 1. The average Bonchev–Trinajstić information content (AvgIpc) is 3.10. The van der Waals surface area contributed by atoms with Crippen LogP contribution in [0.25, 0.3) is 11.3 Å². The maximum absolute atomic E-state index is 12.4. The number of nitrogens with one attached hydrogen (secondary N) is 2. The molecule has 3 aromatic rings. The third kappa shape index (κ3) is 4.72. The van der Waals surface area contributed by atoms with Crippen LogP contribution in [0.4, 0.5) is 10.8 Å². The van der Waals surface area contributed by atoms with Gasteiger partial charge in [0, 0.05) is 33.1 Å². The summed E-state index contributed by atoms with van der Waals surface area (Å²) in [7, 11) is 0. The van der Waals surface area contributed by atoms with Crippen LogP contribution in [0.1, 0.15) is 24.2 Å². The summed E-state index contributed by atoms with van der Waals surface area (Å²) in [6, 6.07) is 14.1. The van der Waals surface area contributed by atoms with Crippen molar-refractivity contribution in [2.45, 2.75) is 13.8 Å². The quantitative estimate of drug-likeness (QED) is 0.610. The lowest BCUT2D eigenvalue weighted by atomic mass is 10.1. The van der Waals surface area contributed by atoms with Gasteiger partial charge in [0.2, 0.25) is 5.91 Å². The van der Waals surface area contributed by atoms with E-state index in [1.165, 1.54) is 11.3 Å². The highest BCUT2D eigenvalue weighted by Gasteiger charge is 2.12. The van der Waals surface area contributed by atoms with E-state index in [0.717, 1.165) is 5.56 Å². The number of thiazole rings is 1. The van der Waals surface area contributed by atoms with E-state index in [1.807, 2.05) is 37.4 Å². The number of carbonyl (C=O) groups excluding carboxylic acids is 2. The van der Waals surface area contributed by atoms with E-state index in [4.69, 9.17) is 11.6 Å². The maximum atomic E-state index is 12.4. The van der Waals surface area contributed by atoms with E-state index in [1.54, 1.807) is 30.3 Å². The van der Waals surface area contributed by atoms with Crippen molar-refractivity contribution in [2.24, 2.45) is 5.92 Å². The van der Waals surface area contributed by atoms with Crippen LogP contribution in [-0.4, -0.2) is 16.8 Å². The number of hydrogen-bond donors (Lipinski definition) is 2. The molecular weight excluding hydrogens is 382 g/mol. The van der Waals surface area contributed by atoms with Crippen molar-refractivity contribution < 1.29 is 9.59 Å². The van der Waals surface area contributed by atoms with Crippen LogP contribution < -0.4 is 10.6 Å². The molecule has 1 heterocycles. The highest BCUT2D eigenvalue weighted by Crippen LogP contribution is 2.30. The Bertz CT molecular complexity index is 967. The normalized spacial score (nSPS) is 10.7. The van der Waals surface area contributed by atoms with Gasteiger partial charge in [-0.2, -0.15) is 0 Å². The number of carbonyl (C=O) groups is 2. The molecule has 0 unspecified atom stereocenters. The van der Waals surface area contributed by atoms with Crippen molar-refractivity contribution in [1.29, 1.82) is 0 Å². The molecule has 2 N–H and O–H groups in total. The summed E-state index contributed by atoms with van der Waals surface area (Å²) in [6.45, 7) is 3.64. The SMILES string of the molecule is CC(C)C(=O)Nc1ccc(C(=O)Nc2nc(-c3ccccc3Cl)cs2)cc1. The zero-order valence-corrected chi connectivity index (χ0v) is 16.4. The third-order valence-electron chi connectivity index (χ3n) is 3.81. The minimum atomic E-state index is -0.267. The van der Waals surface area contributed by atoms with Crippen molar-refractivity contribution in [2.75, 3.05) is 10.6 Å². The van der Waals surface area contributed by atoms with Gasteiger partial charge in [0.05, 0.1) is 5.69 Å². The van der Waals surface area contributed by atoms with Crippen molar-refractivity contribution in [3.8, 4) is 11.3 Å². The van der Waals surface area contributed by atoms with Gasteiger partial charge in [-0.05, 0) is 30.3 Å². The molecule has 7 heteroatoms. The topological polar surface area (TPSA) is 71.1 Å². The highest BCUT2D eigenvalue weighted by molar-refractivity contribution is 7.14. The van der Waals surface area contributed by atoms with Crippen molar-refractivity contribution in [1.82, 2.24) is 4.98 Å². The lowest BCUT2D eigenvalue weighted by molar-refractivity contribution is -0.118. The molecule has 0 spiro atoms. The lowest BCUT2D eigenvalue weighted by Crippen LogP contribution is -2.18. The van der Waals surface area contributed by atoms with Gasteiger partial charge in [-0.1, -0.05) is 43.6 Å². The summed E-state index contributed by atoms with van der Waals surface area (Å²) in [5.74, 6) is -0.441. The summed E-state index contributed by atoms with van der Waals surface area (Å²) in [5, 5.41) is 8.53. The molecule has 0 aliphatic heterocycles. The molecule has 3 rings (SSSR count). The first-order chi connectivity index (χ1) is 12.9. The fourth-order valence-electron chi connectivity index (χ4n) is 2.28. The van der Waals surface area contributed by atoms with E-state index in [2.05, 4.69) is 15.6 Å². The number of amides is 2. The van der Waals surface area contributed by atoms with E-state index in [-0.39, 0.29) is 17.7 Å². The van der Waals surface area contributed by atoms with Gasteiger partial charge >= 0.3 is 0 Å². The summed E-state index contributed by atoms with van der Waals surface area (Å²) >= 11 is 7.52. The van der Waals surface area contributed by atoms with Gasteiger partial charge in [-0.25, -0.2) is 4.98 Å². The maximum Gasteiger partial charge on any atom is 0.257 e. The average molecular weight is 400 g/mol. The number of rotatable bonds is 5. The molecule has 0 saturated heterocycles. The van der Waals surface area contributed by atoms with Crippen molar-refractivity contribution >= 4 is 45.6 Å². The van der Waals surface area contributed by atoms with Gasteiger partial charge in [0.1, 0.15) is 0 Å². The third-order valence-corrected chi connectivity index (χ3v) is 4.90. The van der Waals surface area contributed by atoms with E-state index in [0.29, 0.717) is 27.1 Å². The largest absolute Gasteiger partial charge is 0.326 e. The van der Waals surface area contributed by atoms with Gasteiger partial charge in [-0.3, -0.25) is 14.9 Å². The molecule has 2 aromatic carbocycles. The Morgan fingerprint density at radius 3 is 2.41 bits per heavy atom. The Balaban J connectivity index is 1.67. The predicted octanol–water partition coefficient (Wildman–Crippen LogP) is 5.31. The number of nitrogens with zero attached hydrogens (tertiary/aromatic N) is 1. The fourth-order valence-corrected chi connectivity index (χ4v) is 3.22. The van der Waals surface area contributed by atoms with Gasteiger partial charge in [-0.15, -0.1) is 11.3 Å². The molecule has 138 valence electrons. The van der Waals surface area contributed by atoms with Gasteiger partial charge < -0.3 is 5.32 Å². The monoisotopic (exact) mass is 399 g/mol.